The van der Waals surface area contributed by atoms with Crippen molar-refractivity contribution in [1.29, 1.82) is 0 Å². The number of likely N-dealkylation sites (tertiary alicyclic amines) is 1. The van der Waals surface area contributed by atoms with Gasteiger partial charge in [-0.05, 0) is 80.2 Å². The van der Waals surface area contributed by atoms with E-state index in [1.54, 1.807) is 30.3 Å². The summed E-state index contributed by atoms with van der Waals surface area (Å²) in [4.78, 5) is 34.6. The first-order chi connectivity index (χ1) is 19.1. The first-order valence-electron chi connectivity index (χ1n) is 13.6. The first-order valence-corrected chi connectivity index (χ1v) is 13.6. The number of likely N-dealkylation sites (N-methyl/N-ethyl adjacent to an activating group) is 1. The van der Waals surface area contributed by atoms with Crippen LogP contribution < -0.4 is 4.74 Å². The average Bonchev–Trinajstić information content (AvgIpc) is 3.21. The van der Waals surface area contributed by atoms with Crippen molar-refractivity contribution < 1.29 is 28.2 Å². The molecule has 3 atom stereocenters. The summed E-state index contributed by atoms with van der Waals surface area (Å²) in [5, 5.41) is 11.1. The summed E-state index contributed by atoms with van der Waals surface area (Å²) in [7, 11) is 1.97. The SMILES string of the molecule is C=CCN(C)CCCN1C(=O)CCC2[C@H](c3cccc(O)c3)c3[nH]c4ccc(OC(F)F)cc4c3C[C@@]2(C)C1=O. The summed E-state index contributed by atoms with van der Waals surface area (Å²) >= 11 is 0. The zero-order valence-corrected chi connectivity index (χ0v) is 22.8. The molecular formula is C31H35F2N3O4. The van der Waals surface area contributed by atoms with Gasteiger partial charge in [-0.2, -0.15) is 8.78 Å². The number of amides is 2. The number of ether oxygens (including phenoxy) is 1. The standard InChI is InChI=1S/C31H35F2N3O4/c1-4-13-35(3)14-6-15-36-26(38)12-10-24-27(19-7-5-8-20(37)16-19)28-23(18-31(24,2)29(36)39)22-17-21(40-30(32)33)9-11-25(22)34-28/h4-5,7-9,11,16-17,24,27,30,34,37H,1,6,10,12-15,18H2,2-3H3/t24?,27-,31+/m0/s1. The van der Waals surface area contributed by atoms with Gasteiger partial charge in [0.15, 0.2) is 0 Å². The van der Waals surface area contributed by atoms with E-state index in [2.05, 4.69) is 21.2 Å². The molecule has 0 bridgehead atoms. The molecule has 2 N–H and O–H groups in total. The number of phenols is 1. The number of hydrogen-bond donors (Lipinski definition) is 2. The topological polar surface area (TPSA) is 85.9 Å². The van der Waals surface area contributed by atoms with Gasteiger partial charge in [-0.3, -0.25) is 14.5 Å². The maximum Gasteiger partial charge on any atom is 0.387 e. The summed E-state index contributed by atoms with van der Waals surface area (Å²) in [5.74, 6) is -0.784. The van der Waals surface area contributed by atoms with Crippen LogP contribution in [0.4, 0.5) is 8.78 Å². The molecule has 1 aromatic heterocycles. The molecule has 1 aliphatic carbocycles. The van der Waals surface area contributed by atoms with Gasteiger partial charge in [0.05, 0.1) is 5.41 Å². The van der Waals surface area contributed by atoms with Crippen LogP contribution in [0.3, 0.4) is 0 Å². The highest BCUT2D eigenvalue weighted by Crippen LogP contribution is 2.55. The Kier molecular flexibility index (Phi) is 7.68. The molecule has 7 nitrogen and oxygen atoms in total. The number of alkyl halides is 2. The summed E-state index contributed by atoms with van der Waals surface area (Å²) in [5.41, 5.74) is 2.36. The molecule has 9 heteroatoms. The van der Waals surface area contributed by atoms with E-state index in [0.717, 1.165) is 22.3 Å². The number of halogens is 2. The fraction of sp³-hybridized carbons (Fsp3) is 0.419. The number of benzene rings is 2. The molecule has 0 spiro atoms. The zero-order valence-electron chi connectivity index (χ0n) is 22.8. The van der Waals surface area contributed by atoms with Gasteiger partial charge in [-0.25, -0.2) is 0 Å². The minimum absolute atomic E-state index is 0.0399. The Morgan fingerprint density at radius 2 is 2.08 bits per heavy atom. The van der Waals surface area contributed by atoms with Crippen molar-refractivity contribution in [2.75, 3.05) is 26.7 Å². The molecule has 3 aromatic rings. The Morgan fingerprint density at radius 3 is 2.80 bits per heavy atom. The number of fused-ring (bicyclic) bond motifs is 4. The zero-order chi connectivity index (χ0) is 28.6. The maximum atomic E-state index is 14.3. The summed E-state index contributed by atoms with van der Waals surface area (Å²) in [6.07, 6.45) is 3.55. The molecule has 40 heavy (non-hydrogen) atoms. The van der Waals surface area contributed by atoms with Crippen LogP contribution in [0.2, 0.25) is 0 Å². The van der Waals surface area contributed by atoms with Crippen molar-refractivity contribution >= 4 is 22.7 Å². The molecule has 1 saturated heterocycles. The van der Waals surface area contributed by atoms with Crippen molar-refractivity contribution in [3.8, 4) is 11.5 Å². The Labute approximate surface area is 232 Å². The normalized spacial score (nSPS) is 22.9. The summed E-state index contributed by atoms with van der Waals surface area (Å²) in [6.45, 7) is 4.48. The lowest BCUT2D eigenvalue weighted by Gasteiger charge is -2.45. The van der Waals surface area contributed by atoms with Crippen LogP contribution in [0.25, 0.3) is 10.9 Å². The molecule has 2 heterocycles. The minimum atomic E-state index is -2.96. The van der Waals surface area contributed by atoms with Crippen LogP contribution in [0.5, 0.6) is 11.5 Å². The maximum absolute atomic E-state index is 14.3. The number of aromatic nitrogens is 1. The Bertz CT molecular complexity index is 1440. The third-order valence-electron chi connectivity index (χ3n) is 8.51. The molecule has 5 rings (SSSR count). The number of H-pyrrole nitrogens is 1. The van der Waals surface area contributed by atoms with Crippen molar-refractivity contribution in [3.05, 3.63) is 71.9 Å². The number of hydrogen-bond acceptors (Lipinski definition) is 5. The van der Waals surface area contributed by atoms with E-state index in [4.69, 9.17) is 0 Å². The second kappa shape index (κ2) is 11.0. The van der Waals surface area contributed by atoms with Gasteiger partial charge >= 0.3 is 6.61 Å². The van der Waals surface area contributed by atoms with Crippen molar-refractivity contribution in [1.82, 2.24) is 14.8 Å². The van der Waals surface area contributed by atoms with E-state index >= 15 is 0 Å². The summed E-state index contributed by atoms with van der Waals surface area (Å²) < 4.78 is 30.7. The Balaban J connectivity index is 1.59. The van der Waals surface area contributed by atoms with Gasteiger partial charge in [0, 0.05) is 42.0 Å². The molecule has 0 radical (unpaired) electrons. The van der Waals surface area contributed by atoms with Crippen LogP contribution in [0.1, 0.15) is 48.9 Å². The number of nitrogens with zero attached hydrogens (tertiary/aromatic N) is 2. The predicted molar refractivity (Wildman–Crippen MR) is 148 cm³/mol. The fourth-order valence-corrected chi connectivity index (χ4v) is 6.66. The molecule has 0 saturated carbocycles. The van der Waals surface area contributed by atoms with E-state index in [0.29, 0.717) is 44.3 Å². The third kappa shape index (κ3) is 5.10. The highest BCUT2D eigenvalue weighted by Gasteiger charge is 2.54. The monoisotopic (exact) mass is 551 g/mol. The number of carbonyl (C=O) groups excluding carboxylic acids is 2. The quantitative estimate of drug-likeness (QED) is 0.273. The minimum Gasteiger partial charge on any atom is -0.508 e. The fourth-order valence-electron chi connectivity index (χ4n) is 6.66. The van der Waals surface area contributed by atoms with Crippen molar-refractivity contribution in [2.24, 2.45) is 11.3 Å². The second-order valence-corrected chi connectivity index (χ2v) is 11.2. The van der Waals surface area contributed by atoms with Crippen LogP contribution in [0, 0.1) is 11.3 Å². The first kappa shape index (κ1) is 27.8. The smallest absolute Gasteiger partial charge is 0.387 e. The van der Waals surface area contributed by atoms with Gasteiger partial charge in [0.2, 0.25) is 11.8 Å². The third-order valence-corrected chi connectivity index (χ3v) is 8.51. The number of phenolic OH excluding ortho intramolecular Hbond substituents is 1. The van der Waals surface area contributed by atoms with Crippen LogP contribution in [-0.2, 0) is 16.0 Å². The van der Waals surface area contributed by atoms with E-state index in [1.807, 2.05) is 26.1 Å². The van der Waals surface area contributed by atoms with Crippen LogP contribution >= 0.6 is 0 Å². The van der Waals surface area contributed by atoms with Gasteiger partial charge in [-0.15, -0.1) is 6.58 Å². The lowest BCUT2D eigenvalue weighted by atomic mass is 9.59. The number of aromatic hydroxyl groups is 1. The number of imide groups is 1. The van der Waals surface area contributed by atoms with Gasteiger partial charge in [-0.1, -0.05) is 25.1 Å². The highest BCUT2D eigenvalue weighted by molar-refractivity contribution is 6.00. The highest BCUT2D eigenvalue weighted by atomic mass is 19.3. The predicted octanol–water partition coefficient (Wildman–Crippen LogP) is 5.44. The average molecular weight is 552 g/mol. The number of rotatable bonds is 9. The molecule has 212 valence electrons. The van der Waals surface area contributed by atoms with Crippen molar-refractivity contribution in [3.63, 3.8) is 0 Å². The van der Waals surface area contributed by atoms with Gasteiger partial charge in [0.25, 0.3) is 0 Å². The molecular weight excluding hydrogens is 516 g/mol. The lowest BCUT2D eigenvalue weighted by Crippen LogP contribution is -2.51. The van der Waals surface area contributed by atoms with Gasteiger partial charge < -0.3 is 19.7 Å². The lowest BCUT2D eigenvalue weighted by molar-refractivity contribution is -0.151. The van der Waals surface area contributed by atoms with E-state index in [1.165, 1.54) is 11.0 Å². The van der Waals surface area contributed by atoms with E-state index in [-0.39, 0.29) is 41.6 Å². The van der Waals surface area contributed by atoms with E-state index in [9.17, 15) is 23.5 Å². The largest absolute Gasteiger partial charge is 0.508 e. The Hall–Kier alpha value is -3.72. The molecule has 2 aliphatic rings. The molecule has 1 aliphatic heterocycles. The molecule has 2 amide bonds. The second-order valence-electron chi connectivity index (χ2n) is 11.2. The summed E-state index contributed by atoms with van der Waals surface area (Å²) in [6, 6.07) is 11.8. The number of carbonyl (C=O) groups is 2. The molecule has 2 aromatic carbocycles. The number of aromatic amines is 1. The number of nitrogens with one attached hydrogen (secondary N) is 1. The van der Waals surface area contributed by atoms with Crippen molar-refractivity contribution in [2.45, 2.75) is 45.1 Å². The Morgan fingerprint density at radius 1 is 1.27 bits per heavy atom. The molecule has 1 fully saturated rings. The van der Waals surface area contributed by atoms with E-state index < -0.39 is 12.0 Å². The van der Waals surface area contributed by atoms with Gasteiger partial charge in [0.1, 0.15) is 11.5 Å². The van der Waals surface area contributed by atoms with Crippen LogP contribution in [-0.4, -0.2) is 65.0 Å². The molecule has 1 unspecified atom stereocenters. The van der Waals surface area contributed by atoms with Crippen LogP contribution in [0.15, 0.2) is 55.1 Å².